The number of hydrogen-bond donors (Lipinski definition) is 2. The summed E-state index contributed by atoms with van der Waals surface area (Å²) in [6.07, 6.45) is 7.94. The molecule has 0 saturated carbocycles. The van der Waals surface area contributed by atoms with Crippen LogP contribution in [0.2, 0.25) is 0 Å². The van der Waals surface area contributed by atoms with E-state index in [-0.39, 0.29) is 13.2 Å². The summed E-state index contributed by atoms with van der Waals surface area (Å²) in [6.45, 7) is 1.34. The number of aryl methyl sites for hydroxylation is 3. The third-order valence-electron chi connectivity index (χ3n) is 6.66. The molecule has 37 heavy (non-hydrogen) atoms. The predicted molar refractivity (Wildman–Crippen MR) is 143 cm³/mol. The first-order valence-electron chi connectivity index (χ1n) is 13.2. The molecule has 2 heterocycles. The number of halogens is 1. The Labute approximate surface area is 219 Å². The Bertz CT molecular complexity index is 992. The monoisotopic (exact) mass is 516 g/mol. The van der Waals surface area contributed by atoms with Crippen molar-refractivity contribution in [2.45, 2.75) is 63.6 Å². The van der Waals surface area contributed by atoms with Crippen LogP contribution in [0.4, 0.5) is 16.0 Å². The molecular formula is C27H41FN6O3. The van der Waals surface area contributed by atoms with Crippen LogP contribution in [0, 0.1) is 0 Å². The minimum atomic E-state index is -1.13. The molecule has 0 spiro atoms. The topological polar surface area (TPSA) is 104 Å². The van der Waals surface area contributed by atoms with E-state index in [1.807, 2.05) is 23.9 Å². The van der Waals surface area contributed by atoms with E-state index >= 15 is 0 Å². The maximum atomic E-state index is 14.4. The number of unbranched alkanes of at least 4 members (excludes halogenated alkanes) is 1. The zero-order valence-corrected chi connectivity index (χ0v) is 22.3. The molecule has 2 atom stereocenters. The highest BCUT2D eigenvalue weighted by Crippen LogP contribution is 2.20. The number of methoxy groups -OCH3 is 1. The van der Waals surface area contributed by atoms with Gasteiger partial charge in [-0.15, -0.1) is 0 Å². The third kappa shape index (κ3) is 9.51. The van der Waals surface area contributed by atoms with Crippen molar-refractivity contribution in [1.29, 1.82) is 0 Å². The van der Waals surface area contributed by atoms with Crippen molar-refractivity contribution in [1.82, 2.24) is 19.9 Å². The van der Waals surface area contributed by atoms with Gasteiger partial charge in [-0.3, -0.25) is 4.98 Å². The van der Waals surface area contributed by atoms with Crippen LogP contribution >= 0.6 is 0 Å². The Morgan fingerprint density at radius 3 is 2.76 bits per heavy atom. The van der Waals surface area contributed by atoms with Crippen molar-refractivity contribution < 1.29 is 19.0 Å². The van der Waals surface area contributed by atoms with Gasteiger partial charge in [0.2, 0.25) is 0 Å². The number of ether oxygens (including phenoxy) is 1. The molecule has 10 heteroatoms. The molecule has 0 aliphatic heterocycles. The predicted octanol–water partition coefficient (Wildman–Crippen LogP) is 3.38. The lowest BCUT2D eigenvalue weighted by Gasteiger charge is -2.26. The van der Waals surface area contributed by atoms with Gasteiger partial charge < -0.3 is 25.0 Å². The lowest BCUT2D eigenvalue weighted by molar-refractivity contribution is -0.138. The number of carboxylic acids is 1. The number of fused-ring (bicyclic) bond motifs is 1. The lowest BCUT2D eigenvalue weighted by atomic mass is 9.95. The average Bonchev–Trinajstić information content (AvgIpc) is 2.88. The van der Waals surface area contributed by atoms with Crippen LogP contribution < -0.4 is 10.2 Å². The largest absolute Gasteiger partial charge is 0.480 e. The minimum absolute atomic E-state index is 0.0183. The number of pyridine rings is 1. The smallest absolute Gasteiger partial charge is 0.326 e. The first-order valence-corrected chi connectivity index (χ1v) is 13.2. The molecule has 204 valence electrons. The normalized spacial score (nSPS) is 14.7. The first kappa shape index (κ1) is 28.7. The molecule has 0 fully saturated rings. The summed E-state index contributed by atoms with van der Waals surface area (Å²) in [6, 6.07) is 5.21. The quantitative estimate of drug-likeness (QED) is 0.325. The van der Waals surface area contributed by atoms with Gasteiger partial charge in [0.05, 0.1) is 6.61 Å². The number of carbonyl (C=O) groups is 1. The fraction of sp³-hybridized carbons (Fsp3) is 0.630. The summed E-state index contributed by atoms with van der Waals surface area (Å²) >= 11 is 0. The molecule has 1 aliphatic rings. The highest BCUT2D eigenvalue weighted by Gasteiger charge is 2.21. The van der Waals surface area contributed by atoms with E-state index in [1.54, 1.807) is 6.07 Å². The SMILES string of the molecule is COC[C@@H](F)CN(CCCCc1ccc2c(n1)CCCC2)CC[C@H](Nc1cc(N(C)C)ncn1)C(=O)O. The molecule has 9 nitrogen and oxygen atoms in total. The Kier molecular flexibility index (Phi) is 11.5. The number of alkyl halides is 1. The summed E-state index contributed by atoms with van der Waals surface area (Å²) in [7, 11) is 5.19. The number of anilines is 2. The van der Waals surface area contributed by atoms with Crippen molar-refractivity contribution in [3.05, 3.63) is 41.5 Å². The van der Waals surface area contributed by atoms with Crippen molar-refractivity contribution in [3.63, 3.8) is 0 Å². The number of rotatable bonds is 16. The second-order valence-electron chi connectivity index (χ2n) is 9.91. The lowest BCUT2D eigenvalue weighted by Crippen LogP contribution is -2.38. The number of carboxylic acid groups (broad SMARTS) is 1. The van der Waals surface area contributed by atoms with Crippen molar-refractivity contribution >= 4 is 17.6 Å². The van der Waals surface area contributed by atoms with Crippen LogP contribution in [0.3, 0.4) is 0 Å². The standard InChI is InChI=1S/C27H41FN6O3/c1-33(2)26-16-25(29-19-30-26)32-24(27(35)36)13-15-34(17-21(28)18-37-3)14-7-6-9-22-12-11-20-8-4-5-10-23(20)31-22/h11-12,16,19,21,24H,4-10,13-15,17-18H2,1-3H3,(H,35,36)(H,29,30,32)/t21-,24-/m0/s1. The van der Waals surface area contributed by atoms with Gasteiger partial charge in [-0.1, -0.05) is 6.07 Å². The zero-order chi connectivity index (χ0) is 26.6. The number of aromatic nitrogens is 3. The third-order valence-corrected chi connectivity index (χ3v) is 6.66. The molecule has 0 radical (unpaired) electrons. The summed E-state index contributed by atoms with van der Waals surface area (Å²) < 4.78 is 19.4. The van der Waals surface area contributed by atoms with Crippen LogP contribution in [-0.4, -0.2) is 90.6 Å². The number of hydrogen-bond acceptors (Lipinski definition) is 8. The van der Waals surface area contributed by atoms with E-state index in [0.717, 1.165) is 37.8 Å². The molecule has 0 bridgehead atoms. The summed E-state index contributed by atoms with van der Waals surface area (Å²) in [5.74, 6) is 0.145. The van der Waals surface area contributed by atoms with Crippen LogP contribution in [0.15, 0.2) is 24.5 Å². The second kappa shape index (κ2) is 14.8. The molecule has 0 unspecified atom stereocenters. The zero-order valence-electron chi connectivity index (χ0n) is 22.3. The van der Waals surface area contributed by atoms with Gasteiger partial charge in [0.25, 0.3) is 0 Å². The van der Waals surface area contributed by atoms with E-state index in [4.69, 9.17) is 9.72 Å². The number of aliphatic carboxylic acids is 1. The minimum Gasteiger partial charge on any atom is -0.480 e. The Morgan fingerprint density at radius 1 is 1.19 bits per heavy atom. The fourth-order valence-corrected chi connectivity index (χ4v) is 4.63. The highest BCUT2D eigenvalue weighted by atomic mass is 19.1. The van der Waals surface area contributed by atoms with E-state index in [1.165, 1.54) is 37.5 Å². The number of nitrogens with zero attached hydrogens (tertiary/aromatic N) is 5. The molecule has 0 saturated heterocycles. The second-order valence-corrected chi connectivity index (χ2v) is 9.91. The maximum Gasteiger partial charge on any atom is 0.326 e. The van der Waals surface area contributed by atoms with Gasteiger partial charge >= 0.3 is 5.97 Å². The van der Waals surface area contributed by atoms with Gasteiger partial charge in [-0.25, -0.2) is 19.2 Å². The van der Waals surface area contributed by atoms with Crippen molar-refractivity contribution in [2.75, 3.05) is 57.7 Å². The summed E-state index contributed by atoms with van der Waals surface area (Å²) in [5, 5.41) is 12.8. The molecule has 2 N–H and O–H groups in total. The van der Waals surface area contributed by atoms with Gasteiger partial charge in [0.1, 0.15) is 30.2 Å². The highest BCUT2D eigenvalue weighted by molar-refractivity contribution is 5.77. The molecule has 0 aromatic carbocycles. The van der Waals surface area contributed by atoms with Crippen LogP contribution in [0.5, 0.6) is 0 Å². The van der Waals surface area contributed by atoms with E-state index in [0.29, 0.717) is 31.1 Å². The molecule has 2 aromatic heterocycles. The van der Waals surface area contributed by atoms with Crippen LogP contribution in [-0.2, 0) is 28.8 Å². The van der Waals surface area contributed by atoms with Gasteiger partial charge in [0.15, 0.2) is 0 Å². The summed E-state index contributed by atoms with van der Waals surface area (Å²) in [5.41, 5.74) is 3.75. The summed E-state index contributed by atoms with van der Waals surface area (Å²) in [4.78, 5) is 28.9. The Balaban J connectivity index is 1.53. The molecule has 2 aromatic rings. The Morgan fingerprint density at radius 2 is 2.00 bits per heavy atom. The maximum absolute atomic E-state index is 14.4. The van der Waals surface area contributed by atoms with Gasteiger partial charge in [-0.05, 0) is 69.5 Å². The van der Waals surface area contributed by atoms with E-state index in [9.17, 15) is 14.3 Å². The van der Waals surface area contributed by atoms with Crippen molar-refractivity contribution in [3.8, 4) is 0 Å². The fourth-order valence-electron chi connectivity index (χ4n) is 4.63. The van der Waals surface area contributed by atoms with E-state index < -0.39 is 18.2 Å². The average molecular weight is 517 g/mol. The Hall–Kier alpha value is -2.85. The van der Waals surface area contributed by atoms with Gasteiger partial charge in [0, 0.05) is 51.7 Å². The van der Waals surface area contributed by atoms with Crippen molar-refractivity contribution in [2.24, 2.45) is 0 Å². The molecular weight excluding hydrogens is 475 g/mol. The van der Waals surface area contributed by atoms with Gasteiger partial charge in [-0.2, -0.15) is 0 Å². The molecule has 0 amide bonds. The van der Waals surface area contributed by atoms with Crippen LogP contribution in [0.25, 0.3) is 0 Å². The number of nitrogens with one attached hydrogen (secondary N) is 1. The molecule has 1 aliphatic carbocycles. The van der Waals surface area contributed by atoms with Crippen LogP contribution in [0.1, 0.15) is 49.1 Å². The molecule has 3 rings (SSSR count). The van der Waals surface area contributed by atoms with E-state index in [2.05, 4.69) is 27.4 Å². The first-order chi connectivity index (χ1) is 17.9.